The lowest BCUT2D eigenvalue weighted by Crippen LogP contribution is -2.48. The lowest BCUT2D eigenvalue weighted by molar-refractivity contribution is -0.142. The SMILES string of the molecule is CC(C)CC(CNC(=O)N1CC(C)CC(C)C1)C(=O)O. The summed E-state index contributed by atoms with van der Waals surface area (Å²) in [7, 11) is 0. The summed E-state index contributed by atoms with van der Waals surface area (Å²) in [6.45, 7) is 10.0. The van der Waals surface area contributed by atoms with Crippen molar-refractivity contribution in [1.29, 1.82) is 0 Å². The third kappa shape index (κ3) is 5.39. The molecule has 1 rings (SSSR count). The number of amides is 2. The van der Waals surface area contributed by atoms with Gasteiger partial charge in [0, 0.05) is 19.6 Å². The molecule has 0 spiro atoms. The molecule has 5 heteroatoms. The Labute approximate surface area is 121 Å². The topological polar surface area (TPSA) is 69.6 Å². The smallest absolute Gasteiger partial charge is 0.317 e. The van der Waals surface area contributed by atoms with Gasteiger partial charge in [-0.1, -0.05) is 27.7 Å². The molecular formula is C15H28N2O3. The number of carbonyl (C=O) groups excluding carboxylic acids is 1. The van der Waals surface area contributed by atoms with Gasteiger partial charge in [-0.25, -0.2) is 4.79 Å². The summed E-state index contributed by atoms with van der Waals surface area (Å²) >= 11 is 0. The van der Waals surface area contributed by atoms with Crippen LogP contribution in [0, 0.1) is 23.7 Å². The molecule has 0 aromatic heterocycles. The molecule has 1 aliphatic heterocycles. The standard InChI is InChI=1S/C15H28N2O3/c1-10(2)5-13(14(18)19)7-16-15(20)17-8-11(3)6-12(4)9-17/h10-13H,5-9H2,1-4H3,(H,16,20)(H,18,19). The van der Waals surface area contributed by atoms with Crippen molar-refractivity contribution in [2.24, 2.45) is 23.7 Å². The van der Waals surface area contributed by atoms with E-state index in [0.717, 1.165) is 19.5 Å². The Morgan fingerprint density at radius 2 is 1.80 bits per heavy atom. The molecule has 0 bridgehead atoms. The quantitative estimate of drug-likeness (QED) is 0.814. The fraction of sp³-hybridized carbons (Fsp3) is 0.867. The number of carboxylic acids is 1. The number of aliphatic carboxylic acids is 1. The minimum absolute atomic E-state index is 0.126. The minimum Gasteiger partial charge on any atom is -0.481 e. The summed E-state index contributed by atoms with van der Waals surface area (Å²) in [5, 5.41) is 12.0. The fourth-order valence-electron chi connectivity index (χ4n) is 2.99. The molecule has 0 aromatic carbocycles. The second kappa shape index (κ2) is 7.50. The third-order valence-corrected chi connectivity index (χ3v) is 3.76. The first-order valence-corrected chi connectivity index (χ1v) is 7.55. The van der Waals surface area contributed by atoms with Crippen molar-refractivity contribution in [3.63, 3.8) is 0 Å². The highest BCUT2D eigenvalue weighted by atomic mass is 16.4. The summed E-state index contributed by atoms with van der Waals surface area (Å²) in [5.41, 5.74) is 0. The lowest BCUT2D eigenvalue weighted by atomic mass is 9.92. The molecule has 3 unspecified atom stereocenters. The summed E-state index contributed by atoms with van der Waals surface area (Å²) in [4.78, 5) is 25.1. The number of rotatable bonds is 5. The zero-order valence-electron chi connectivity index (χ0n) is 13.1. The van der Waals surface area contributed by atoms with Gasteiger partial charge in [-0.05, 0) is 30.6 Å². The molecule has 5 nitrogen and oxygen atoms in total. The molecule has 2 N–H and O–H groups in total. The first-order chi connectivity index (χ1) is 9.29. The first-order valence-electron chi connectivity index (χ1n) is 7.55. The molecule has 0 aliphatic carbocycles. The second-order valence-electron chi connectivity index (χ2n) is 6.70. The van der Waals surface area contributed by atoms with E-state index < -0.39 is 11.9 Å². The molecule has 116 valence electrons. The van der Waals surface area contributed by atoms with Crippen molar-refractivity contribution >= 4 is 12.0 Å². The van der Waals surface area contributed by atoms with Crippen molar-refractivity contribution in [2.45, 2.75) is 40.5 Å². The number of likely N-dealkylation sites (tertiary alicyclic amines) is 1. The van der Waals surface area contributed by atoms with E-state index in [1.807, 2.05) is 18.7 Å². The van der Waals surface area contributed by atoms with Crippen LogP contribution >= 0.6 is 0 Å². The maximum atomic E-state index is 12.1. The van der Waals surface area contributed by atoms with Gasteiger partial charge in [0.2, 0.25) is 0 Å². The number of hydrogen-bond acceptors (Lipinski definition) is 2. The van der Waals surface area contributed by atoms with Gasteiger partial charge in [-0.15, -0.1) is 0 Å². The number of carboxylic acid groups (broad SMARTS) is 1. The van der Waals surface area contributed by atoms with Gasteiger partial charge >= 0.3 is 12.0 Å². The van der Waals surface area contributed by atoms with Gasteiger partial charge in [0.25, 0.3) is 0 Å². The number of urea groups is 1. The first kappa shape index (κ1) is 16.8. The zero-order chi connectivity index (χ0) is 15.3. The molecule has 2 amide bonds. The van der Waals surface area contributed by atoms with E-state index in [9.17, 15) is 9.59 Å². The van der Waals surface area contributed by atoms with Crippen molar-refractivity contribution in [1.82, 2.24) is 10.2 Å². The maximum absolute atomic E-state index is 12.1. The summed E-state index contributed by atoms with van der Waals surface area (Å²) in [6, 6.07) is -0.126. The molecule has 1 fully saturated rings. The van der Waals surface area contributed by atoms with E-state index >= 15 is 0 Å². The molecule has 3 atom stereocenters. The molecule has 1 aliphatic rings. The monoisotopic (exact) mass is 284 g/mol. The van der Waals surface area contributed by atoms with Crippen LogP contribution in [0.25, 0.3) is 0 Å². The predicted molar refractivity (Wildman–Crippen MR) is 78.5 cm³/mol. The highest BCUT2D eigenvalue weighted by Crippen LogP contribution is 2.21. The van der Waals surface area contributed by atoms with Crippen LogP contribution in [0.1, 0.15) is 40.5 Å². The molecule has 1 heterocycles. The molecule has 20 heavy (non-hydrogen) atoms. The molecule has 0 saturated carbocycles. The molecule has 0 radical (unpaired) electrons. The van der Waals surface area contributed by atoms with E-state index in [1.54, 1.807) is 0 Å². The Morgan fingerprint density at radius 3 is 2.25 bits per heavy atom. The van der Waals surface area contributed by atoms with Gasteiger partial charge in [0.05, 0.1) is 5.92 Å². The summed E-state index contributed by atoms with van der Waals surface area (Å²) in [6.07, 6.45) is 1.73. The van der Waals surface area contributed by atoms with E-state index in [4.69, 9.17) is 5.11 Å². The summed E-state index contributed by atoms with van der Waals surface area (Å²) in [5.74, 6) is -0.00753. The fourth-order valence-corrected chi connectivity index (χ4v) is 2.99. The van der Waals surface area contributed by atoms with Crippen LogP contribution in [0.3, 0.4) is 0 Å². The normalized spacial score (nSPS) is 24.6. The van der Waals surface area contributed by atoms with Crippen molar-refractivity contribution in [2.75, 3.05) is 19.6 Å². The van der Waals surface area contributed by atoms with E-state index in [0.29, 0.717) is 24.2 Å². The number of nitrogens with zero attached hydrogens (tertiary/aromatic N) is 1. The van der Waals surface area contributed by atoms with Crippen LogP contribution < -0.4 is 5.32 Å². The van der Waals surface area contributed by atoms with Gasteiger partial charge in [0.1, 0.15) is 0 Å². The van der Waals surface area contributed by atoms with Gasteiger partial charge in [-0.2, -0.15) is 0 Å². The Hall–Kier alpha value is -1.26. The van der Waals surface area contributed by atoms with E-state index in [2.05, 4.69) is 19.2 Å². The Morgan fingerprint density at radius 1 is 1.25 bits per heavy atom. The second-order valence-corrected chi connectivity index (χ2v) is 6.70. The van der Waals surface area contributed by atoms with Crippen LogP contribution in [0.2, 0.25) is 0 Å². The van der Waals surface area contributed by atoms with E-state index in [1.165, 1.54) is 0 Å². The Bertz CT molecular complexity index is 334. The summed E-state index contributed by atoms with van der Waals surface area (Å²) < 4.78 is 0. The van der Waals surface area contributed by atoms with Crippen LogP contribution in [0.4, 0.5) is 4.79 Å². The van der Waals surface area contributed by atoms with Crippen LogP contribution in [0.5, 0.6) is 0 Å². The van der Waals surface area contributed by atoms with Crippen LogP contribution in [0.15, 0.2) is 0 Å². The molecule has 1 saturated heterocycles. The van der Waals surface area contributed by atoms with Crippen LogP contribution in [-0.2, 0) is 4.79 Å². The predicted octanol–water partition coefficient (Wildman–Crippen LogP) is 2.42. The number of carbonyl (C=O) groups is 2. The lowest BCUT2D eigenvalue weighted by Gasteiger charge is -2.35. The van der Waals surface area contributed by atoms with Crippen molar-refractivity contribution < 1.29 is 14.7 Å². The highest BCUT2D eigenvalue weighted by molar-refractivity contribution is 5.76. The van der Waals surface area contributed by atoms with Gasteiger partial charge < -0.3 is 15.3 Å². The number of nitrogens with one attached hydrogen (secondary N) is 1. The largest absolute Gasteiger partial charge is 0.481 e. The van der Waals surface area contributed by atoms with Gasteiger partial charge in [-0.3, -0.25) is 4.79 Å². The maximum Gasteiger partial charge on any atom is 0.317 e. The average Bonchev–Trinajstić information content (AvgIpc) is 2.32. The zero-order valence-corrected chi connectivity index (χ0v) is 13.1. The Balaban J connectivity index is 2.46. The van der Waals surface area contributed by atoms with Crippen LogP contribution in [-0.4, -0.2) is 41.6 Å². The van der Waals surface area contributed by atoms with Gasteiger partial charge in [0.15, 0.2) is 0 Å². The molecule has 0 aromatic rings. The molecular weight excluding hydrogens is 256 g/mol. The average molecular weight is 284 g/mol. The van der Waals surface area contributed by atoms with Crippen molar-refractivity contribution in [3.05, 3.63) is 0 Å². The highest BCUT2D eigenvalue weighted by Gasteiger charge is 2.26. The third-order valence-electron chi connectivity index (χ3n) is 3.76. The van der Waals surface area contributed by atoms with E-state index in [-0.39, 0.29) is 12.6 Å². The van der Waals surface area contributed by atoms with Crippen molar-refractivity contribution in [3.8, 4) is 0 Å². The number of piperidine rings is 1. The minimum atomic E-state index is -0.834. The Kier molecular flexibility index (Phi) is 6.30. The number of hydrogen-bond donors (Lipinski definition) is 2.